The largest absolute Gasteiger partial charge is 2.00 e. The predicted octanol–water partition coefficient (Wildman–Crippen LogP) is -3.80. The van der Waals surface area contributed by atoms with E-state index in [-0.39, 0.29) is 62.4 Å². The molecule has 2 heterocycles. The third kappa shape index (κ3) is 6.00. The summed E-state index contributed by atoms with van der Waals surface area (Å²) in [6.45, 7) is 0.913. The smallest absolute Gasteiger partial charge is 0.548 e. The van der Waals surface area contributed by atoms with E-state index in [9.17, 15) is 34.2 Å². The van der Waals surface area contributed by atoms with Gasteiger partial charge in [0.2, 0.25) is 5.91 Å². The summed E-state index contributed by atoms with van der Waals surface area (Å²) in [5.41, 5.74) is 5.19. The number of carboxylic acids is 2. The average molecular weight is 479 g/mol. The molecule has 154 valence electrons. The molecular weight excluding hydrogens is 460 g/mol. The number of amides is 2. The van der Waals surface area contributed by atoms with E-state index in [1.54, 1.807) is 0 Å². The van der Waals surface area contributed by atoms with Crippen LogP contribution in [0.25, 0.3) is 0 Å². The molecule has 0 aromatic carbocycles. The Balaban J connectivity index is 0.00000420. The first-order chi connectivity index (χ1) is 13.1. The maximum atomic E-state index is 12.4. The number of hydrogen-bond donors (Lipinski definition) is 2. The Bertz CT molecular complexity index is 744. The molecule has 0 radical (unpaired) electrons. The van der Waals surface area contributed by atoms with Crippen LogP contribution >= 0.6 is 11.8 Å². The standard InChI is InChI=1S/C16H21N3O8S.Zn/c1-7(20)27-5-8-6-28-14-11(13(22)19(14)12(8)16(25)26)18-10(21)4-2-3-9(17)15(23)24;/h9,11,14H,2-6,17H2,1H3,(H,18,21)(H,23,24)(H,25,26);/q;+2/p-2. The Kier molecular flexibility index (Phi) is 9.25. The van der Waals surface area contributed by atoms with E-state index in [4.69, 9.17) is 10.5 Å². The monoisotopic (exact) mass is 477 g/mol. The first-order valence-electron chi connectivity index (χ1n) is 8.40. The summed E-state index contributed by atoms with van der Waals surface area (Å²) in [7, 11) is 0. The summed E-state index contributed by atoms with van der Waals surface area (Å²) < 4.78 is 4.81. The zero-order valence-electron chi connectivity index (χ0n) is 15.7. The van der Waals surface area contributed by atoms with Crippen molar-refractivity contribution in [3.8, 4) is 0 Å². The number of carboxylic acid groups (broad SMARTS) is 2. The molecular formula is C16H19N3O8SZn. The summed E-state index contributed by atoms with van der Waals surface area (Å²) in [5.74, 6) is -4.46. The van der Waals surface area contributed by atoms with Gasteiger partial charge < -0.3 is 35.6 Å². The molecule has 0 aromatic rings. The van der Waals surface area contributed by atoms with Crippen molar-refractivity contribution in [3.05, 3.63) is 11.3 Å². The number of hydrogen-bond acceptors (Lipinski definition) is 10. The second kappa shape index (κ2) is 10.7. The number of thioether (sulfide) groups is 1. The number of aliphatic carboxylic acids is 2. The summed E-state index contributed by atoms with van der Waals surface area (Å²) in [5, 5.41) is 23.9. The first kappa shape index (κ1) is 25.1. The van der Waals surface area contributed by atoms with E-state index in [1.165, 1.54) is 18.7 Å². The van der Waals surface area contributed by atoms with Crippen molar-refractivity contribution in [2.45, 2.75) is 43.6 Å². The molecule has 2 rings (SSSR count). The number of nitrogens with zero attached hydrogens (tertiary/aromatic N) is 1. The van der Waals surface area contributed by atoms with Gasteiger partial charge in [0.1, 0.15) is 18.0 Å². The van der Waals surface area contributed by atoms with Crippen LogP contribution in [0.3, 0.4) is 0 Å². The Morgan fingerprint density at radius 3 is 2.55 bits per heavy atom. The average Bonchev–Trinajstić information content (AvgIpc) is 2.62. The zero-order chi connectivity index (χ0) is 21.0. The van der Waals surface area contributed by atoms with Crippen LogP contribution in [0.2, 0.25) is 0 Å². The van der Waals surface area contributed by atoms with Gasteiger partial charge in [0.25, 0.3) is 5.91 Å². The topological polar surface area (TPSA) is 182 Å². The van der Waals surface area contributed by atoms with Crippen LogP contribution in [0.15, 0.2) is 11.3 Å². The molecule has 11 nitrogen and oxygen atoms in total. The van der Waals surface area contributed by atoms with Crippen molar-refractivity contribution in [3.63, 3.8) is 0 Å². The molecule has 2 amide bonds. The van der Waals surface area contributed by atoms with Crippen molar-refractivity contribution in [1.29, 1.82) is 0 Å². The van der Waals surface area contributed by atoms with Crippen LogP contribution in [0.4, 0.5) is 0 Å². The van der Waals surface area contributed by atoms with Crippen LogP contribution in [0.5, 0.6) is 0 Å². The van der Waals surface area contributed by atoms with Gasteiger partial charge in [0, 0.05) is 30.7 Å². The molecule has 0 aliphatic carbocycles. The van der Waals surface area contributed by atoms with E-state index in [0.717, 1.165) is 4.90 Å². The van der Waals surface area contributed by atoms with E-state index < -0.39 is 47.2 Å². The summed E-state index contributed by atoms with van der Waals surface area (Å²) >= 11 is 1.22. The Labute approximate surface area is 183 Å². The van der Waals surface area contributed by atoms with Crippen molar-refractivity contribution in [2.75, 3.05) is 12.4 Å². The number of fused-ring (bicyclic) bond motifs is 1. The maximum Gasteiger partial charge on any atom is 2.00 e. The Morgan fingerprint density at radius 1 is 1.34 bits per heavy atom. The molecule has 2 aliphatic heterocycles. The van der Waals surface area contributed by atoms with Crippen molar-refractivity contribution in [1.82, 2.24) is 10.2 Å². The number of rotatable bonds is 9. The minimum absolute atomic E-state index is 0. The minimum atomic E-state index is -1.57. The van der Waals surface area contributed by atoms with Crippen LogP contribution < -0.4 is 21.3 Å². The number of carbonyl (C=O) groups excluding carboxylic acids is 5. The van der Waals surface area contributed by atoms with Gasteiger partial charge in [-0.2, -0.15) is 0 Å². The fourth-order valence-electron chi connectivity index (χ4n) is 2.82. The second-order valence-electron chi connectivity index (χ2n) is 6.29. The zero-order valence-corrected chi connectivity index (χ0v) is 19.5. The number of carbonyl (C=O) groups is 5. The van der Waals surface area contributed by atoms with Crippen LogP contribution in [0, 0.1) is 0 Å². The molecule has 0 bridgehead atoms. The normalized spacial score (nSPS) is 21.3. The molecule has 0 aromatic heterocycles. The number of β-lactam (4-membered cyclic amide) rings is 1. The number of nitrogens with two attached hydrogens (primary N) is 1. The van der Waals surface area contributed by atoms with Gasteiger partial charge in [0.05, 0.1) is 17.6 Å². The molecule has 0 saturated carbocycles. The van der Waals surface area contributed by atoms with Crippen LogP contribution in [0.1, 0.15) is 26.2 Å². The Morgan fingerprint density at radius 2 is 2.00 bits per heavy atom. The molecule has 29 heavy (non-hydrogen) atoms. The number of ether oxygens (including phenoxy) is 1. The van der Waals surface area contributed by atoms with E-state index in [2.05, 4.69) is 5.32 Å². The predicted molar refractivity (Wildman–Crippen MR) is 90.5 cm³/mol. The van der Waals surface area contributed by atoms with Gasteiger partial charge in [-0.3, -0.25) is 19.3 Å². The molecule has 3 unspecified atom stereocenters. The van der Waals surface area contributed by atoms with E-state index in [1.807, 2.05) is 0 Å². The quantitative estimate of drug-likeness (QED) is 0.189. The second-order valence-corrected chi connectivity index (χ2v) is 7.40. The van der Waals surface area contributed by atoms with Gasteiger partial charge >= 0.3 is 25.4 Å². The molecule has 1 fully saturated rings. The van der Waals surface area contributed by atoms with Gasteiger partial charge in [0.15, 0.2) is 0 Å². The molecule has 0 spiro atoms. The SMILES string of the molecule is CC(=O)OCC1=C(C(=O)[O-])N2C(=O)C(NC(=O)CCCC(N)C(=O)[O-])C2SC1.[Zn+2]. The summed E-state index contributed by atoms with van der Waals surface area (Å²) in [4.78, 5) is 58.3. The van der Waals surface area contributed by atoms with Gasteiger partial charge in [-0.25, -0.2) is 0 Å². The minimum Gasteiger partial charge on any atom is -0.548 e. The Hall–Kier alpha value is -1.98. The van der Waals surface area contributed by atoms with Crippen molar-refractivity contribution in [2.24, 2.45) is 5.73 Å². The molecule has 3 atom stereocenters. The summed E-state index contributed by atoms with van der Waals surface area (Å²) in [6, 6.07) is -2.08. The fourth-order valence-corrected chi connectivity index (χ4v) is 4.14. The molecule has 2 aliphatic rings. The fraction of sp³-hybridized carbons (Fsp3) is 0.562. The summed E-state index contributed by atoms with van der Waals surface area (Å²) in [6.07, 6.45) is 0.207. The third-order valence-electron chi connectivity index (χ3n) is 4.23. The van der Waals surface area contributed by atoms with E-state index >= 15 is 0 Å². The molecule has 1 saturated heterocycles. The molecule has 3 N–H and O–H groups in total. The van der Waals surface area contributed by atoms with Crippen LogP contribution in [-0.4, -0.2) is 64.4 Å². The first-order valence-corrected chi connectivity index (χ1v) is 9.45. The maximum absolute atomic E-state index is 12.4. The van der Waals surface area contributed by atoms with Crippen molar-refractivity contribution < 1.29 is 58.4 Å². The third-order valence-corrected chi connectivity index (χ3v) is 5.57. The van der Waals surface area contributed by atoms with Gasteiger partial charge in [-0.1, -0.05) is 0 Å². The van der Waals surface area contributed by atoms with Crippen molar-refractivity contribution >= 4 is 41.5 Å². The molecule has 13 heteroatoms. The number of esters is 1. The number of nitrogens with one attached hydrogen (secondary N) is 1. The van der Waals surface area contributed by atoms with Gasteiger partial charge in [-0.15, -0.1) is 11.8 Å². The van der Waals surface area contributed by atoms with Gasteiger partial charge in [-0.05, 0) is 12.8 Å². The van der Waals surface area contributed by atoms with Crippen LogP contribution in [-0.2, 0) is 48.2 Å². The van der Waals surface area contributed by atoms with E-state index in [0.29, 0.717) is 0 Å².